The molecule has 0 aromatic carbocycles. The Morgan fingerprint density at radius 3 is 2.44 bits per heavy atom. The van der Waals surface area contributed by atoms with Gasteiger partial charge in [0.1, 0.15) is 0 Å². The highest BCUT2D eigenvalue weighted by Crippen LogP contribution is 2.18. The lowest BCUT2D eigenvalue weighted by Gasteiger charge is -2.27. The summed E-state index contributed by atoms with van der Waals surface area (Å²) in [6.45, 7) is 6.05. The van der Waals surface area contributed by atoms with Crippen molar-refractivity contribution in [3.05, 3.63) is 0 Å². The van der Waals surface area contributed by atoms with E-state index in [0.29, 0.717) is 6.04 Å². The number of aliphatic hydroxyl groups excluding tert-OH is 1. The standard InChI is InChI=1S/C13H27N3O.HI/c1-3-5-10-15-13(14-4-2)16-11-6-8-12(17)9-7-11;/h11-12,17H,3-10H2,1-2H3,(H2,14,15,16);1H. The van der Waals surface area contributed by atoms with Crippen molar-refractivity contribution in [3.63, 3.8) is 0 Å². The summed E-state index contributed by atoms with van der Waals surface area (Å²) < 4.78 is 0. The molecule has 0 radical (unpaired) electrons. The summed E-state index contributed by atoms with van der Waals surface area (Å²) in [5.74, 6) is 0.933. The van der Waals surface area contributed by atoms with E-state index in [1.165, 1.54) is 6.42 Å². The van der Waals surface area contributed by atoms with Crippen LogP contribution >= 0.6 is 24.0 Å². The van der Waals surface area contributed by atoms with Crippen molar-refractivity contribution < 1.29 is 5.11 Å². The molecule has 1 aliphatic carbocycles. The predicted molar refractivity (Wildman–Crippen MR) is 87.7 cm³/mol. The zero-order valence-corrected chi connectivity index (χ0v) is 13.9. The van der Waals surface area contributed by atoms with E-state index in [4.69, 9.17) is 0 Å². The molecule has 0 amide bonds. The van der Waals surface area contributed by atoms with Gasteiger partial charge in [-0.25, -0.2) is 0 Å². The number of halogens is 1. The number of unbranched alkanes of at least 4 members (excludes halogenated alkanes) is 1. The van der Waals surface area contributed by atoms with E-state index in [1.807, 2.05) is 0 Å². The SMILES string of the molecule is CCCCN=C(NCC)NC1CCC(O)CC1.I. The van der Waals surface area contributed by atoms with Gasteiger partial charge in [-0.05, 0) is 39.0 Å². The Labute approximate surface area is 128 Å². The molecular weight excluding hydrogens is 341 g/mol. The molecule has 1 fully saturated rings. The van der Waals surface area contributed by atoms with Crippen LogP contribution in [-0.4, -0.2) is 36.3 Å². The number of hydrogen-bond acceptors (Lipinski definition) is 2. The van der Waals surface area contributed by atoms with Crippen LogP contribution in [0.1, 0.15) is 52.4 Å². The predicted octanol–water partition coefficient (Wildman–Crippen LogP) is 2.26. The van der Waals surface area contributed by atoms with Crippen LogP contribution in [0.3, 0.4) is 0 Å². The Morgan fingerprint density at radius 2 is 1.89 bits per heavy atom. The second kappa shape index (κ2) is 10.8. The molecule has 0 bridgehead atoms. The maximum absolute atomic E-state index is 9.46. The second-order valence-electron chi connectivity index (χ2n) is 4.76. The van der Waals surface area contributed by atoms with Gasteiger partial charge in [0.15, 0.2) is 5.96 Å². The molecule has 1 saturated carbocycles. The highest BCUT2D eigenvalue weighted by Gasteiger charge is 2.19. The third kappa shape index (κ3) is 7.41. The van der Waals surface area contributed by atoms with Crippen molar-refractivity contribution in [2.75, 3.05) is 13.1 Å². The van der Waals surface area contributed by atoms with E-state index in [1.54, 1.807) is 0 Å². The Hall–Kier alpha value is -0.0400. The highest BCUT2D eigenvalue weighted by molar-refractivity contribution is 14.0. The highest BCUT2D eigenvalue weighted by atomic mass is 127. The Balaban J connectivity index is 0.00000289. The maximum atomic E-state index is 9.46. The summed E-state index contributed by atoms with van der Waals surface area (Å²) in [5, 5.41) is 16.2. The minimum Gasteiger partial charge on any atom is -0.393 e. The van der Waals surface area contributed by atoms with Crippen LogP contribution in [0.15, 0.2) is 4.99 Å². The normalized spacial score (nSPS) is 24.3. The van der Waals surface area contributed by atoms with Gasteiger partial charge >= 0.3 is 0 Å². The van der Waals surface area contributed by atoms with Gasteiger partial charge in [0.25, 0.3) is 0 Å². The minimum absolute atomic E-state index is 0. The molecule has 0 heterocycles. The van der Waals surface area contributed by atoms with Gasteiger partial charge in [0.2, 0.25) is 0 Å². The molecule has 1 rings (SSSR count). The van der Waals surface area contributed by atoms with E-state index in [9.17, 15) is 5.11 Å². The minimum atomic E-state index is -0.0901. The fraction of sp³-hybridized carbons (Fsp3) is 0.923. The molecule has 4 nitrogen and oxygen atoms in total. The van der Waals surface area contributed by atoms with E-state index >= 15 is 0 Å². The van der Waals surface area contributed by atoms with Crippen LogP contribution in [0, 0.1) is 0 Å². The first-order valence-corrected chi connectivity index (χ1v) is 6.99. The van der Waals surface area contributed by atoms with Gasteiger partial charge in [-0.3, -0.25) is 4.99 Å². The van der Waals surface area contributed by atoms with Gasteiger partial charge in [-0.15, -0.1) is 24.0 Å². The zero-order chi connectivity index (χ0) is 12.5. The summed E-state index contributed by atoms with van der Waals surface area (Å²) in [6, 6.07) is 0.470. The van der Waals surface area contributed by atoms with Crippen molar-refractivity contribution in [2.24, 2.45) is 4.99 Å². The number of aliphatic hydroxyl groups is 1. The van der Waals surface area contributed by atoms with Crippen LogP contribution in [0.25, 0.3) is 0 Å². The molecule has 0 aromatic heterocycles. The molecule has 0 aromatic rings. The first kappa shape index (κ1) is 18.0. The molecule has 1 aliphatic rings. The van der Waals surface area contributed by atoms with Gasteiger partial charge in [0, 0.05) is 19.1 Å². The summed E-state index contributed by atoms with van der Waals surface area (Å²) in [5.41, 5.74) is 0. The van der Waals surface area contributed by atoms with Gasteiger partial charge < -0.3 is 15.7 Å². The summed E-state index contributed by atoms with van der Waals surface area (Å²) in [7, 11) is 0. The Kier molecular flexibility index (Phi) is 10.8. The maximum Gasteiger partial charge on any atom is 0.191 e. The van der Waals surface area contributed by atoms with Gasteiger partial charge in [-0.1, -0.05) is 13.3 Å². The molecule has 5 heteroatoms. The molecule has 0 atom stereocenters. The summed E-state index contributed by atoms with van der Waals surface area (Å²) in [4.78, 5) is 4.55. The van der Waals surface area contributed by atoms with Crippen molar-refractivity contribution in [1.29, 1.82) is 0 Å². The average molecular weight is 369 g/mol. The quantitative estimate of drug-likeness (QED) is 0.302. The van der Waals surface area contributed by atoms with Crippen LogP contribution in [-0.2, 0) is 0 Å². The molecule has 0 aliphatic heterocycles. The fourth-order valence-corrected chi connectivity index (χ4v) is 2.08. The molecule has 0 spiro atoms. The van der Waals surface area contributed by atoms with E-state index in [0.717, 1.165) is 51.2 Å². The Morgan fingerprint density at radius 1 is 1.22 bits per heavy atom. The lowest BCUT2D eigenvalue weighted by Crippen LogP contribution is -2.45. The number of guanidine groups is 1. The van der Waals surface area contributed by atoms with E-state index in [2.05, 4.69) is 29.5 Å². The lowest BCUT2D eigenvalue weighted by molar-refractivity contribution is 0.120. The molecule has 18 heavy (non-hydrogen) atoms. The lowest BCUT2D eigenvalue weighted by atomic mass is 9.93. The summed E-state index contributed by atoms with van der Waals surface area (Å²) in [6.07, 6.45) is 6.13. The van der Waals surface area contributed by atoms with E-state index in [-0.39, 0.29) is 30.1 Å². The largest absolute Gasteiger partial charge is 0.393 e. The topological polar surface area (TPSA) is 56.7 Å². The van der Waals surface area contributed by atoms with Crippen LogP contribution in [0.2, 0.25) is 0 Å². The fourth-order valence-electron chi connectivity index (χ4n) is 2.08. The van der Waals surface area contributed by atoms with Crippen molar-refractivity contribution in [1.82, 2.24) is 10.6 Å². The van der Waals surface area contributed by atoms with Crippen LogP contribution in [0.4, 0.5) is 0 Å². The third-order valence-electron chi connectivity index (χ3n) is 3.16. The molecule has 0 unspecified atom stereocenters. The first-order chi connectivity index (χ1) is 8.26. The van der Waals surface area contributed by atoms with Crippen molar-refractivity contribution in [3.8, 4) is 0 Å². The first-order valence-electron chi connectivity index (χ1n) is 6.99. The zero-order valence-electron chi connectivity index (χ0n) is 11.6. The molecular formula is C13H28IN3O. The monoisotopic (exact) mass is 369 g/mol. The summed E-state index contributed by atoms with van der Waals surface area (Å²) >= 11 is 0. The van der Waals surface area contributed by atoms with Crippen LogP contribution < -0.4 is 10.6 Å². The molecule has 3 N–H and O–H groups in total. The van der Waals surface area contributed by atoms with E-state index < -0.39 is 0 Å². The van der Waals surface area contributed by atoms with Crippen LogP contribution in [0.5, 0.6) is 0 Å². The molecule has 0 saturated heterocycles. The number of nitrogens with zero attached hydrogens (tertiary/aromatic N) is 1. The van der Waals surface area contributed by atoms with Gasteiger partial charge in [0.05, 0.1) is 6.10 Å². The third-order valence-corrected chi connectivity index (χ3v) is 3.16. The average Bonchev–Trinajstić information content (AvgIpc) is 2.32. The van der Waals surface area contributed by atoms with Crippen molar-refractivity contribution >= 4 is 29.9 Å². The Bertz CT molecular complexity index is 228. The number of hydrogen-bond donors (Lipinski definition) is 3. The molecule has 108 valence electrons. The smallest absolute Gasteiger partial charge is 0.191 e. The van der Waals surface area contributed by atoms with Gasteiger partial charge in [-0.2, -0.15) is 0 Å². The van der Waals surface area contributed by atoms with Crippen molar-refractivity contribution in [2.45, 2.75) is 64.5 Å². The number of nitrogens with one attached hydrogen (secondary N) is 2. The number of aliphatic imine (C=N–C) groups is 1. The second-order valence-corrected chi connectivity index (χ2v) is 4.76. The number of rotatable bonds is 5.